The zero-order chi connectivity index (χ0) is 10.7. The molecule has 1 N–H and O–H groups in total. The molecular formula is C9H14N2O3. The molecule has 14 heavy (non-hydrogen) atoms. The molecule has 0 saturated carbocycles. The van der Waals surface area contributed by atoms with E-state index in [1.54, 1.807) is 0 Å². The number of carbonyl (C=O) groups is 1. The van der Waals surface area contributed by atoms with Gasteiger partial charge in [-0.1, -0.05) is 0 Å². The summed E-state index contributed by atoms with van der Waals surface area (Å²) in [7, 11) is 1.32. The maximum atomic E-state index is 11.3. The molecule has 0 aliphatic carbocycles. The maximum absolute atomic E-state index is 11.3. The molecule has 1 aromatic rings. The Labute approximate surface area is 81.7 Å². The van der Waals surface area contributed by atoms with Crippen LogP contribution in [-0.4, -0.2) is 22.9 Å². The number of nitrogens with zero attached hydrogens (tertiary/aromatic N) is 1. The number of esters is 1. The Morgan fingerprint density at radius 2 is 2.29 bits per heavy atom. The molecule has 0 radical (unpaired) electrons. The van der Waals surface area contributed by atoms with E-state index in [2.05, 4.69) is 9.84 Å². The van der Waals surface area contributed by atoms with Crippen molar-refractivity contribution < 1.29 is 9.53 Å². The van der Waals surface area contributed by atoms with E-state index in [9.17, 15) is 9.59 Å². The quantitative estimate of drug-likeness (QED) is 0.718. The summed E-state index contributed by atoms with van der Waals surface area (Å²) in [5.41, 5.74) is 0.453. The maximum Gasteiger partial charge on any atom is 0.311 e. The number of aromatic nitrogens is 2. The molecule has 0 atom stereocenters. The van der Waals surface area contributed by atoms with E-state index in [0.29, 0.717) is 5.69 Å². The third-order valence-corrected chi connectivity index (χ3v) is 1.88. The van der Waals surface area contributed by atoms with Gasteiger partial charge in [0.1, 0.15) is 0 Å². The summed E-state index contributed by atoms with van der Waals surface area (Å²) in [6.45, 7) is 3.78. The number of methoxy groups -OCH3 is 1. The summed E-state index contributed by atoms with van der Waals surface area (Å²) in [4.78, 5) is 22.2. The first-order chi connectivity index (χ1) is 6.54. The van der Waals surface area contributed by atoms with Gasteiger partial charge < -0.3 is 4.74 Å². The molecule has 5 heteroatoms. The topological polar surface area (TPSA) is 64.1 Å². The van der Waals surface area contributed by atoms with Gasteiger partial charge in [-0.3, -0.25) is 19.4 Å². The van der Waals surface area contributed by atoms with Crippen LogP contribution in [0.15, 0.2) is 10.9 Å². The fourth-order valence-corrected chi connectivity index (χ4v) is 1.16. The molecular weight excluding hydrogens is 184 g/mol. The number of rotatable bonds is 3. The monoisotopic (exact) mass is 198 g/mol. The number of H-pyrrole nitrogens is 1. The Morgan fingerprint density at radius 1 is 1.64 bits per heavy atom. The Kier molecular flexibility index (Phi) is 3.11. The Bertz CT molecular complexity index is 376. The van der Waals surface area contributed by atoms with Gasteiger partial charge in [0.05, 0.1) is 13.5 Å². The summed E-state index contributed by atoms with van der Waals surface area (Å²) >= 11 is 0. The largest absolute Gasteiger partial charge is 0.469 e. The molecule has 0 aliphatic heterocycles. The number of hydrogen-bond acceptors (Lipinski definition) is 3. The predicted molar refractivity (Wildman–Crippen MR) is 51.2 cm³/mol. The molecule has 5 nitrogen and oxygen atoms in total. The zero-order valence-corrected chi connectivity index (χ0v) is 8.53. The summed E-state index contributed by atoms with van der Waals surface area (Å²) in [6.07, 6.45) is 0.103. The van der Waals surface area contributed by atoms with Crippen LogP contribution in [0.3, 0.4) is 0 Å². The van der Waals surface area contributed by atoms with Crippen LogP contribution in [0.1, 0.15) is 25.6 Å². The van der Waals surface area contributed by atoms with E-state index in [1.165, 1.54) is 17.9 Å². The minimum absolute atomic E-state index is 0.0638. The van der Waals surface area contributed by atoms with E-state index >= 15 is 0 Å². The Morgan fingerprint density at radius 3 is 2.71 bits per heavy atom. The highest BCUT2D eigenvalue weighted by atomic mass is 16.5. The van der Waals surface area contributed by atoms with Gasteiger partial charge in [0.25, 0.3) is 5.56 Å². The SMILES string of the molecule is COC(=O)Cc1cc(=O)n(C(C)C)[nH]1. The fourth-order valence-electron chi connectivity index (χ4n) is 1.16. The molecule has 1 heterocycles. The summed E-state index contributed by atoms with van der Waals surface area (Å²) in [5.74, 6) is -0.359. The van der Waals surface area contributed by atoms with E-state index in [4.69, 9.17) is 0 Å². The molecule has 0 saturated heterocycles. The average molecular weight is 198 g/mol. The van der Waals surface area contributed by atoms with Gasteiger partial charge in [-0.05, 0) is 13.8 Å². The highest BCUT2D eigenvalue weighted by Crippen LogP contribution is 2.00. The normalized spacial score (nSPS) is 10.6. The van der Waals surface area contributed by atoms with Crippen LogP contribution >= 0.6 is 0 Å². The van der Waals surface area contributed by atoms with E-state index < -0.39 is 0 Å². The van der Waals surface area contributed by atoms with Gasteiger partial charge in [-0.15, -0.1) is 0 Å². The second-order valence-corrected chi connectivity index (χ2v) is 3.34. The van der Waals surface area contributed by atoms with Gasteiger partial charge >= 0.3 is 5.97 Å². The molecule has 0 spiro atoms. The van der Waals surface area contributed by atoms with Crippen molar-refractivity contribution in [2.75, 3.05) is 7.11 Å². The van der Waals surface area contributed by atoms with Crippen molar-refractivity contribution in [3.05, 3.63) is 22.1 Å². The first-order valence-corrected chi connectivity index (χ1v) is 4.42. The lowest BCUT2D eigenvalue weighted by Crippen LogP contribution is -2.17. The first kappa shape index (κ1) is 10.6. The number of aromatic amines is 1. The molecule has 0 bridgehead atoms. The lowest BCUT2D eigenvalue weighted by molar-refractivity contribution is -0.139. The van der Waals surface area contributed by atoms with Crippen LogP contribution < -0.4 is 5.56 Å². The van der Waals surface area contributed by atoms with Crippen LogP contribution in [0.25, 0.3) is 0 Å². The lowest BCUT2D eigenvalue weighted by atomic mass is 10.3. The van der Waals surface area contributed by atoms with E-state index in [1.807, 2.05) is 13.8 Å². The molecule has 0 aliphatic rings. The molecule has 0 unspecified atom stereocenters. The standard InChI is InChI=1S/C9H14N2O3/c1-6(2)11-8(12)4-7(10-11)5-9(13)14-3/h4,6,10H,5H2,1-3H3. The van der Waals surface area contributed by atoms with Crippen molar-refractivity contribution in [3.63, 3.8) is 0 Å². The van der Waals surface area contributed by atoms with E-state index in [-0.39, 0.29) is 24.0 Å². The smallest absolute Gasteiger partial charge is 0.311 e. The van der Waals surface area contributed by atoms with Crippen molar-refractivity contribution in [3.8, 4) is 0 Å². The predicted octanol–water partition coefficient (Wildman–Crippen LogP) is 0.473. The second-order valence-electron chi connectivity index (χ2n) is 3.34. The number of hydrogen-bond donors (Lipinski definition) is 1. The number of carbonyl (C=O) groups excluding carboxylic acids is 1. The molecule has 0 aromatic carbocycles. The van der Waals surface area contributed by atoms with Crippen LogP contribution in [0.5, 0.6) is 0 Å². The molecule has 78 valence electrons. The van der Waals surface area contributed by atoms with Crippen molar-refractivity contribution >= 4 is 5.97 Å². The number of nitrogens with one attached hydrogen (secondary N) is 1. The van der Waals surface area contributed by atoms with Gasteiger partial charge in [-0.2, -0.15) is 0 Å². The highest BCUT2D eigenvalue weighted by molar-refractivity contribution is 5.71. The fraction of sp³-hybridized carbons (Fsp3) is 0.556. The average Bonchev–Trinajstić information content (AvgIpc) is 2.46. The highest BCUT2D eigenvalue weighted by Gasteiger charge is 2.09. The van der Waals surface area contributed by atoms with Crippen molar-refractivity contribution in [2.24, 2.45) is 0 Å². The second kappa shape index (κ2) is 4.13. The third-order valence-electron chi connectivity index (χ3n) is 1.88. The zero-order valence-electron chi connectivity index (χ0n) is 8.53. The summed E-state index contributed by atoms with van der Waals surface area (Å²) in [5, 5.41) is 2.85. The first-order valence-electron chi connectivity index (χ1n) is 4.42. The molecule has 0 fully saturated rings. The van der Waals surface area contributed by atoms with Crippen molar-refractivity contribution in [1.82, 2.24) is 9.78 Å². The van der Waals surface area contributed by atoms with Gasteiger partial charge in [-0.25, -0.2) is 0 Å². The summed E-state index contributed by atoms with van der Waals surface area (Å²) < 4.78 is 5.96. The van der Waals surface area contributed by atoms with Gasteiger partial charge in [0.2, 0.25) is 0 Å². The molecule has 0 amide bonds. The Balaban J connectivity index is 2.86. The van der Waals surface area contributed by atoms with Crippen LogP contribution in [0, 0.1) is 0 Å². The molecule has 1 aromatic heterocycles. The number of ether oxygens (including phenoxy) is 1. The van der Waals surface area contributed by atoms with Crippen LogP contribution in [-0.2, 0) is 16.0 Å². The van der Waals surface area contributed by atoms with Gasteiger partial charge in [0, 0.05) is 17.8 Å². The van der Waals surface area contributed by atoms with Crippen LogP contribution in [0.2, 0.25) is 0 Å². The van der Waals surface area contributed by atoms with Gasteiger partial charge in [0.15, 0.2) is 0 Å². The van der Waals surface area contributed by atoms with Crippen molar-refractivity contribution in [1.29, 1.82) is 0 Å². The molecule has 1 rings (SSSR count). The minimum atomic E-state index is -0.359. The Hall–Kier alpha value is -1.52. The van der Waals surface area contributed by atoms with Crippen molar-refractivity contribution in [2.45, 2.75) is 26.3 Å². The summed E-state index contributed by atoms with van der Waals surface area (Å²) in [6, 6.07) is 1.48. The minimum Gasteiger partial charge on any atom is -0.469 e. The lowest BCUT2D eigenvalue weighted by Gasteiger charge is -2.04. The third kappa shape index (κ3) is 2.25. The van der Waals surface area contributed by atoms with Crippen LogP contribution in [0.4, 0.5) is 0 Å². The van der Waals surface area contributed by atoms with E-state index in [0.717, 1.165) is 0 Å².